The van der Waals surface area contributed by atoms with Crippen molar-refractivity contribution in [2.45, 2.75) is 58.7 Å². The van der Waals surface area contributed by atoms with Crippen molar-refractivity contribution in [1.82, 2.24) is 25.0 Å². The Hall–Kier alpha value is -4.15. The molecule has 200 valence electrons. The third-order valence-electron chi connectivity index (χ3n) is 7.47. The molecule has 11 nitrogen and oxygen atoms in total. The number of nitrogens with two attached hydrogens (primary N) is 1. The molecule has 2 saturated heterocycles. The molecule has 0 saturated carbocycles. The first kappa shape index (κ1) is 25.5. The van der Waals surface area contributed by atoms with Crippen molar-refractivity contribution >= 4 is 40.3 Å². The number of aryl methyl sites for hydroxylation is 2. The van der Waals surface area contributed by atoms with Gasteiger partial charge in [-0.2, -0.15) is 5.10 Å². The van der Waals surface area contributed by atoms with E-state index >= 15 is 0 Å². The highest BCUT2D eigenvalue weighted by Crippen LogP contribution is 2.31. The van der Waals surface area contributed by atoms with E-state index in [4.69, 9.17) is 10.7 Å². The van der Waals surface area contributed by atoms with Gasteiger partial charge in [0.1, 0.15) is 0 Å². The van der Waals surface area contributed by atoms with Gasteiger partial charge in [-0.15, -0.1) is 0 Å². The minimum atomic E-state index is -0.392. The summed E-state index contributed by atoms with van der Waals surface area (Å²) >= 11 is 0. The minimum Gasteiger partial charge on any atom is -0.381 e. The van der Waals surface area contributed by atoms with Gasteiger partial charge in [-0.1, -0.05) is 6.07 Å². The molecule has 0 atom stereocenters. The van der Waals surface area contributed by atoms with Crippen LogP contribution in [0.15, 0.2) is 30.5 Å². The normalized spacial score (nSPS) is 16.3. The fraction of sp³-hybridized carbons (Fsp3) is 0.444. The number of likely N-dealkylation sites (tertiary alicyclic amines) is 1. The molecule has 3 aromatic rings. The van der Waals surface area contributed by atoms with E-state index in [1.807, 2.05) is 30.8 Å². The molecule has 0 aliphatic carbocycles. The van der Waals surface area contributed by atoms with Gasteiger partial charge in [0.2, 0.25) is 5.91 Å². The molecule has 2 aliphatic heterocycles. The zero-order valence-electron chi connectivity index (χ0n) is 21.9. The highest BCUT2D eigenvalue weighted by Gasteiger charge is 2.25. The molecule has 11 heteroatoms. The molecule has 2 aliphatic rings. The first-order valence-corrected chi connectivity index (χ1v) is 13.2. The molecule has 4 amide bonds. The fourth-order valence-electron chi connectivity index (χ4n) is 5.31. The monoisotopic (exact) mass is 518 g/mol. The predicted octanol–water partition coefficient (Wildman–Crippen LogP) is 2.77. The van der Waals surface area contributed by atoms with Gasteiger partial charge in [-0.25, -0.2) is 14.5 Å². The average molecular weight is 519 g/mol. The number of nitrogens with zero attached hydrogens (tertiary/aromatic N) is 5. The highest BCUT2D eigenvalue weighted by molar-refractivity contribution is 5.99. The number of carbonyl (C=O) groups is 3. The quantitative estimate of drug-likeness (QED) is 0.440. The number of aromatic nitrogens is 3. The number of primary amides is 1. The molecule has 0 bridgehead atoms. The van der Waals surface area contributed by atoms with E-state index in [0.29, 0.717) is 38.2 Å². The maximum Gasteiger partial charge on any atom is 0.314 e. The molecule has 0 spiro atoms. The zero-order valence-corrected chi connectivity index (χ0v) is 21.9. The van der Waals surface area contributed by atoms with Gasteiger partial charge in [-0.05, 0) is 51.3 Å². The first-order chi connectivity index (χ1) is 18.4. The van der Waals surface area contributed by atoms with Crippen molar-refractivity contribution in [3.63, 3.8) is 0 Å². The van der Waals surface area contributed by atoms with Crippen molar-refractivity contribution in [3.8, 4) is 0 Å². The summed E-state index contributed by atoms with van der Waals surface area (Å²) in [5.41, 5.74) is 10.1. The number of hydrogen-bond donors (Lipinski definition) is 3. The molecule has 0 radical (unpaired) electrons. The number of hydrogen-bond acceptors (Lipinski definition) is 6. The summed E-state index contributed by atoms with van der Waals surface area (Å²) in [5.74, 6) is -0.134. The number of nitrogens with one attached hydrogen (secondary N) is 2. The SMILES string of the molecule is CCn1ncc2c(NC3CCN(C(N)=O)CC3)c(CNC(=O)c3cccc(N4CCCC4=O)c3)c(C)nc21. The van der Waals surface area contributed by atoms with Gasteiger partial charge in [0.25, 0.3) is 5.91 Å². The lowest BCUT2D eigenvalue weighted by Gasteiger charge is -2.32. The molecule has 0 unspecified atom stereocenters. The maximum atomic E-state index is 13.2. The molecule has 38 heavy (non-hydrogen) atoms. The fourth-order valence-corrected chi connectivity index (χ4v) is 5.31. The number of benzene rings is 1. The number of rotatable bonds is 7. The van der Waals surface area contributed by atoms with Crippen LogP contribution in [0, 0.1) is 6.92 Å². The van der Waals surface area contributed by atoms with Crippen LogP contribution in [0.3, 0.4) is 0 Å². The Bertz CT molecular complexity index is 1380. The maximum absolute atomic E-state index is 13.2. The van der Waals surface area contributed by atoms with Crippen molar-refractivity contribution in [2.75, 3.05) is 29.9 Å². The Balaban J connectivity index is 1.38. The van der Waals surface area contributed by atoms with Crippen LogP contribution in [0.1, 0.15) is 54.2 Å². The molecule has 4 N–H and O–H groups in total. The molecular weight excluding hydrogens is 484 g/mol. The number of anilines is 2. The van der Waals surface area contributed by atoms with Crippen LogP contribution in [-0.4, -0.2) is 63.2 Å². The summed E-state index contributed by atoms with van der Waals surface area (Å²) < 4.78 is 1.86. The van der Waals surface area contributed by atoms with Crippen molar-refractivity contribution < 1.29 is 14.4 Å². The number of fused-ring (bicyclic) bond motifs is 1. The van der Waals surface area contributed by atoms with Crippen LogP contribution in [0.25, 0.3) is 11.0 Å². The van der Waals surface area contributed by atoms with Crippen LogP contribution in [0.2, 0.25) is 0 Å². The summed E-state index contributed by atoms with van der Waals surface area (Å²) in [7, 11) is 0. The van der Waals surface area contributed by atoms with Gasteiger partial charge in [0.15, 0.2) is 5.65 Å². The van der Waals surface area contributed by atoms with Crippen LogP contribution in [-0.2, 0) is 17.9 Å². The van der Waals surface area contributed by atoms with Crippen LogP contribution in [0.4, 0.5) is 16.2 Å². The lowest BCUT2D eigenvalue weighted by Crippen LogP contribution is -2.44. The van der Waals surface area contributed by atoms with Gasteiger partial charge in [-0.3, -0.25) is 9.59 Å². The molecule has 2 fully saturated rings. The third kappa shape index (κ3) is 5.00. The van der Waals surface area contributed by atoms with E-state index in [0.717, 1.165) is 52.9 Å². The van der Waals surface area contributed by atoms with Crippen molar-refractivity contribution in [2.24, 2.45) is 5.73 Å². The Kier molecular flexibility index (Phi) is 7.17. The Morgan fingerprint density at radius 2 is 1.97 bits per heavy atom. The molecule has 5 rings (SSSR count). The van der Waals surface area contributed by atoms with Crippen LogP contribution in [0.5, 0.6) is 0 Å². The predicted molar refractivity (Wildman–Crippen MR) is 145 cm³/mol. The van der Waals surface area contributed by atoms with Gasteiger partial charge in [0, 0.05) is 67.7 Å². The number of pyridine rings is 1. The smallest absolute Gasteiger partial charge is 0.314 e. The van der Waals surface area contributed by atoms with E-state index in [1.165, 1.54) is 0 Å². The number of piperidine rings is 1. The Morgan fingerprint density at radius 1 is 1.18 bits per heavy atom. The summed E-state index contributed by atoms with van der Waals surface area (Å²) in [5, 5.41) is 12.1. The van der Waals surface area contributed by atoms with Crippen LogP contribution < -0.4 is 21.3 Å². The molecule has 4 heterocycles. The molecular formula is C27H34N8O3. The van der Waals surface area contributed by atoms with Crippen LogP contribution >= 0.6 is 0 Å². The van der Waals surface area contributed by atoms with E-state index in [9.17, 15) is 14.4 Å². The molecule has 1 aromatic carbocycles. The van der Waals surface area contributed by atoms with Crippen molar-refractivity contribution in [3.05, 3.63) is 47.3 Å². The lowest BCUT2D eigenvalue weighted by atomic mass is 10.0. The summed E-state index contributed by atoms with van der Waals surface area (Å²) in [6.07, 6.45) is 4.71. The first-order valence-electron chi connectivity index (χ1n) is 13.2. The second kappa shape index (κ2) is 10.7. The number of urea groups is 1. The Morgan fingerprint density at radius 3 is 2.66 bits per heavy atom. The van der Waals surface area contributed by atoms with Gasteiger partial charge >= 0.3 is 6.03 Å². The van der Waals surface area contributed by atoms with Crippen molar-refractivity contribution in [1.29, 1.82) is 0 Å². The lowest BCUT2D eigenvalue weighted by molar-refractivity contribution is -0.117. The standard InChI is InChI=1S/C27H34N8O3/c1-3-35-25-22(16-30-35)24(32-19-9-12-33(13-10-19)27(28)38)21(17(2)31-25)15-29-26(37)18-6-4-7-20(14-18)34-11-5-8-23(34)36/h4,6-7,14,16,19H,3,5,8-13,15H2,1-2H3,(H2,28,38)(H,29,37)(H,31,32). The highest BCUT2D eigenvalue weighted by atomic mass is 16.2. The molecule has 2 aromatic heterocycles. The average Bonchev–Trinajstić information content (AvgIpc) is 3.54. The topological polar surface area (TPSA) is 138 Å². The Labute approximate surface area is 221 Å². The van der Waals surface area contributed by atoms with E-state index in [2.05, 4.69) is 15.7 Å². The van der Waals surface area contributed by atoms with E-state index < -0.39 is 6.03 Å². The summed E-state index contributed by atoms with van der Waals surface area (Å²) in [4.78, 5) is 45.1. The largest absolute Gasteiger partial charge is 0.381 e. The third-order valence-corrected chi connectivity index (χ3v) is 7.47. The minimum absolute atomic E-state index is 0.0857. The zero-order chi connectivity index (χ0) is 26.8. The van der Waals surface area contributed by atoms with Gasteiger partial charge in [0.05, 0.1) is 17.3 Å². The van der Waals surface area contributed by atoms with Gasteiger partial charge < -0.3 is 26.2 Å². The van der Waals surface area contributed by atoms with E-state index in [1.54, 1.807) is 28.0 Å². The second-order valence-corrected chi connectivity index (χ2v) is 9.87. The summed E-state index contributed by atoms with van der Waals surface area (Å²) in [6, 6.07) is 6.94. The number of amides is 4. The van der Waals surface area contributed by atoms with E-state index in [-0.39, 0.29) is 24.4 Å². The second-order valence-electron chi connectivity index (χ2n) is 9.87. The number of carbonyl (C=O) groups excluding carboxylic acids is 3. The summed E-state index contributed by atoms with van der Waals surface area (Å²) in [6.45, 7) is 6.79.